The third kappa shape index (κ3) is 3.57. The summed E-state index contributed by atoms with van der Waals surface area (Å²) in [6.07, 6.45) is 3.88. The van der Waals surface area contributed by atoms with Crippen molar-refractivity contribution < 1.29 is 9.00 Å². The number of hydrogen-bond acceptors (Lipinski definition) is 2. The number of para-hydroxylation sites is 1. The van der Waals surface area contributed by atoms with Gasteiger partial charge in [-0.2, -0.15) is 0 Å². The highest BCUT2D eigenvalue weighted by Gasteiger charge is 2.11. The Morgan fingerprint density at radius 1 is 1.12 bits per heavy atom. The molecule has 0 bridgehead atoms. The normalized spacial score (nSPS) is 12.2. The molecule has 0 unspecified atom stereocenters. The summed E-state index contributed by atoms with van der Waals surface area (Å²) in [7, 11) is -0.906. The Labute approximate surface area is 143 Å². The lowest BCUT2D eigenvalue weighted by molar-refractivity contribution is -0.115. The number of hydrogen-bond donors (Lipinski definition) is 2. The Hall–Kier alpha value is -2.40. The average Bonchev–Trinajstić information content (AvgIpc) is 2.94. The Balaban J connectivity index is 1.77. The first-order valence-electron chi connectivity index (χ1n) is 7.78. The van der Waals surface area contributed by atoms with Gasteiger partial charge in [0.2, 0.25) is 5.91 Å². The molecule has 1 atom stereocenters. The van der Waals surface area contributed by atoms with E-state index in [2.05, 4.69) is 10.3 Å². The van der Waals surface area contributed by atoms with Gasteiger partial charge in [0.15, 0.2) is 0 Å². The summed E-state index contributed by atoms with van der Waals surface area (Å²) >= 11 is 0. The molecule has 4 nitrogen and oxygen atoms in total. The van der Waals surface area contributed by atoms with Crippen molar-refractivity contribution in [3.63, 3.8) is 0 Å². The Morgan fingerprint density at radius 3 is 2.71 bits per heavy atom. The number of benzene rings is 2. The number of carbonyl (C=O) groups is 1. The van der Waals surface area contributed by atoms with Gasteiger partial charge in [0.1, 0.15) is 0 Å². The molecule has 0 saturated heterocycles. The molecule has 124 valence electrons. The van der Waals surface area contributed by atoms with Crippen molar-refractivity contribution >= 4 is 33.3 Å². The van der Waals surface area contributed by atoms with Crippen LogP contribution in [0.2, 0.25) is 0 Å². The SMILES string of the molecule is Cc1c(C[S@](C)=O)cccc1NC(=O)Cc1c[nH]c2ccccc12. The van der Waals surface area contributed by atoms with E-state index in [9.17, 15) is 9.00 Å². The zero-order valence-corrected chi connectivity index (χ0v) is 14.6. The van der Waals surface area contributed by atoms with Crippen LogP contribution in [0, 0.1) is 6.92 Å². The first-order valence-corrected chi connectivity index (χ1v) is 9.50. The van der Waals surface area contributed by atoms with Gasteiger partial charge in [-0.15, -0.1) is 0 Å². The lowest BCUT2D eigenvalue weighted by atomic mass is 10.1. The van der Waals surface area contributed by atoms with Crippen molar-refractivity contribution in [3.8, 4) is 0 Å². The number of nitrogens with one attached hydrogen (secondary N) is 2. The van der Waals surface area contributed by atoms with Crippen LogP contribution < -0.4 is 5.32 Å². The van der Waals surface area contributed by atoms with E-state index in [0.717, 1.165) is 33.3 Å². The van der Waals surface area contributed by atoms with Gasteiger partial charge in [-0.1, -0.05) is 30.3 Å². The zero-order chi connectivity index (χ0) is 17.1. The van der Waals surface area contributed by atoms with Gasteiger partial charge in [-0.3, -0.25) is 9.00 Å². The molecule has 3 rings (SSSR count). The highest BCUT2D eigenvalue weighted by Crippen LogP contribution is 2.22. The smallest absolute Gasteiger partial charge is 0.228 e. The van der Waals surface area contributed by atoms with Gasteiger partial charge in [-0.25, -0.2) is 0 Å². The summed E-state index contributed by atoms with van der Waals surface area (Å²) in [5.41, 5.74) is 4.76. The van der Waals surface area contributed by atoms with Crippen LogP contribution in [0.3, 0.4) is 0 Å². The van der Waals surface area contributed by atoms with Crippen LogP contribution in [0.25, 0.3) is 10.9 Å². The summed E-state index contributed by atoms with van der Waals surface area (Å²) in [4.78, 5) is 15.6. The third-order valence-corrected chi connectivity index (χ3v) is 4.82. The summed E-state index contributed by atoms with van der Waals surface area (Å²) < 4.78 is 11.5. The van der Waals surface area contributed by atoms with E-state index < -0.39 is 10.8 Å². The molecule has 1 aromatic heterocycles. The van der Waals surface area contributed by atoms with Crippen molar-refractivity contribution in [3.05, 3.63) is 65.4 Å². The minimum atomic E-state index is -0.906. The number of aromatic amines is 1. The molecule has 0 radical (unpaired) electrons. The van der Waals surface area contributed by atoms with Crippen LogP contribution in [0.4, 0.5) is 5.69 Å². The zero-order valence-electron chi connectivity index (χ0n) is 13.8. The van der Waals surface area contributed by atoms with E-state index >= 15 is 0 Å². The van der Waals surface area contributed by atoms with E-state index in [1.54, 1.807) is 6.26 Å². The molecule has 1 amide bonds. The van der Waals surface area contributed by atoms with Crippen LogP contribution in [0.5, 0.6) is 0 Å². The van der Waals surface area contributed by atoms with E-state index in [0.29, 0.717) is 12.2 Å². The number of H-pyrrole nitrogens is 1. The molecule has 2 N–H and O–H groups in total. The molecule has 1 heterocycles. The fraction of sp³-hybridized carbons (Fsp3) is 0.211. The summed E-state index contributed by atoms with van der Waals surface area (Å²) in [5, 5.41) is 4.04. The number of fused-ring (bicyclic) bond motifs is 1. The lowest BCUT2D eigenvalue weighted by Gasteiger charge is -2.12. The number of anilines is 1. The van der Waals surface area contributed by atoms with Gasteiger partial charge >= 0.3 is 0 Å². The lowest BCUT2D eigenvalue weighted by Crippen LogP contribution is -2.15. The fourth-order valence-electron chi connectivity index (χ4n) is 2.84. The number of carbonyl (C=O) groups excluding carboxylic acids is 1. The molecule has 0 aliphatic carbocycles. The van der Waals surface area contributed by atoms with Gasteiger partial charge in [0.05, 0.1) is 6.42 Å². The first-order chi connectivity index (χ1) is 11.5. The van der Waals surface area contributed by atoms with Crippen molar-refractivity contribution in [2.45, 2.75) is 19.1 Å². The topological polar surface area (TPSA) is 62.0 Å². The number of amides is 1. The van der Waals surface area contributed by atoms with Crippen LogP contribution in [-0.2, 0) is 27.8 Å². The third-order valence-electron chi connectivity index (χ3n) is 4.10. The molecule has 0 aliphatic rings. The second-order valence-corrected chi connectivity index (χ2v) is 7.33. The number of rotatable bonds is 5. The molecule has 0 aliphatic heterocycles. The van der Waals surface area contributed by atoms with Gasteiger partial charge < -0.3 is 10.3 Å². The molecule has 5 heteroatoms. The monoisotopic (exact) mass is 340 g/mol. The van der Waals surface area contributed by atoms with Crippen molar-refractivity contribution in [2.24, 2.45) is 0 Å². The van der Waals surface area contributed by atoms with Crippen LogP contribution in [0.15, 0.2) is 48.7 Å². The van der Waals surface area contributed by atoms with Crippen molar-refractivity contribution in [1.29, 1.82) is 0 Å². The quantitative estimate of drug-likeness (QED) is 0.746. The van der Waals surface area contributed by atoms with Crippen molar-refractivity contribution in [2.75, 3.05) is 11.6 Å². The summed E-state index contributed by atoms with van der Waals surface area (Å²) in [6.45, 7) is 1.95. The molecule has 0 spiro atoms. The van der Waals surface area contributed by atoms with Crippen LogP contribution in [0.1, 0.15) is 16.7 Å². The maximum atomic E-state index is 12.4. The number of aromatic nitrogens is 1. The van der Waals surface area contributed by atoms with Gasteiger partial charge in [0, 0.05) is 45.6 Å². The molecule has 0 saturated carbocycles. The molecule has 2 aromatic carbocycles. The molecular formula is C19H20N2O2S. The Bertz CT molecular complexity index is 915. The molecule has 0 fully saturated rings. The van der Waals surface area contributed by atoms with Crippen molar-refractivity contribution in [1.82, 2.24) is 4.98 Å². The maximum absolute atomic E-state index is 12.4. The Kier molecular flexibility index (Phi) is 4.81. The largest absolute Gasteiger partial charge is 0.361 e. The van der Waals surface area contributed by atoms with E-state index in [1.165, 1.54) is 0 Å². The second-order valence-electron chi connectivity index (χ2n) is 5.89. The van der Waals surface area contributed by atoms with E-state index in [4.69, 9.17) is 0 Å². The minimum Gasteiger partial charge on any atom is -0.361 e. The van der Waals surface area contributed by atoms with Crippen LogP contribution in [-0.4, -0.2) is 21.4 Å². The predicted molar refractivity (Wildman–Crippen MR) is 99.6 cm³/mol. The molecule has 3 aromatic rings. The average molecular weight is 340 g/mol. The second kappa shape index (κ2) is 7.01. The Morgan fingerprint density at radius 2 is 1.92 bits per heavy atom. The van der Waals surface area contributed by atoms with E-state index in [-0.39, 0.29) is 5.91 Å². The van der Waals surface area contributed by atoms with Gasteiger partial charge in [-0.05, 0) is 35.7 Å². The summed E-state index contributed by atoms with van der Waals surface area (Å²) in [5.74, 6) is 0.440. The first kappa shape index (κ1) is 16.5. The standard InChI is InChI=1S/C19H20N2O2S/c1-13-14(12-24(2)23)6-5-9-17(13)21-19(22)10-15-11-20-18-8-4-3-7-16(15)18/h3-9,11,20H,10,12H2,1-2H3,(H,21,22)/t24-/m0/s1. The fourth-order valence-corrected chi connectivity index (χ4v) is 3.59. The van der Waals surface area contributed by atoms with E-state index in [1.807, 2.05) is 55.6 Å². The minimum absolute atomic E-state index is 0.0578. The highest BCUT2D eigenvalue weighted by molar-refractivity contribution is 7.83. The predicted octanol–water partition coefficient (Wildman–Crippen LogP) is 3.54. The van der Waals surface area contributed by atoms with Gasteiger partial charge in [0.25, 0.3) is 0 Å². The van der Waals surface area contributed by atoms with Crippen LogP contribution >= 0.6 is 0 Å². The summed E-state index contributed by atoms with van der Waals surface area (Å²) in [6, 6.07) is 13.7. The maximum Gasteiger partial charge on any atom is 0.228 e. The highest BCUT2D eigenvalue weighted by atomic mass is 32.2. The molecular weight excluding hydrogens is 320 g/mol. The molecule has 24 heavy (non-hydrogen) atoms.